The number of aryl methyl sites for hydroxylation is 1. The van der Waals surface area contributed by atoms with Crippen molar-refractivity contribution >= 4 is 17.5 Å². The lowest BCUT2D eigenvalue weighted by atomic mass is 10.3. The molecule has 1 aromatic heterocycles. The van der Waals surface area contributed by atoms with E-state index in [1.165, 1.54) is 16.7 Å². The molecule has 2 rings (SSSR count). The molecule has 6 heteroatoms. The molecule has 1 amide bonds. The fourth-order valence-corrected chi connectivity index (χ4v) is 1.55. The van der Waals surface area contributed by atoms with Crippen molar-refractivity contribution in [3.63, 3.8) is 0 Å². The number of ether oxygens (including phenoxy) is 1. The van der Waals surface area contributed by atoms with Crippen LogP contribution in [0.2, 0.25) is 0 Å². The predicted molar refractivity (Wildman–Crippen MR) is 51.7 cm³/mol. The van der Waals surface area contributed by atoms with Gasteiger partial charge in [-0.1, -0.05) is 0 Å². The molecule has 0 saturated carbocycles. The Hall–Kier alpha value is -1.85. The van der Waals surface area contributed by atoms with E-state index in [1.807, 2.05) is 0 Å². The molecule has 1 aliphatic rings. The fourth-order valence-electron chi connectivity index (χ4n) is 1.55. The summed E-state index contributed by atoms with van der Waals surface area (Å²) in [5.41, 5.74) is 0. The van der Waals surface area contributed by atoms with Gasteiger partial charge in [0.05, 0.1) is 20.1 Å². The summed E-state index contributed by atoms with van der Waals surface area (Å²) in [4.78, 5) is 23.8. The number of carbonyl (C=O) groups is 2. The molecule has 1 fully saturated rings. The Labute approximate surface area is 86.4 Å². The molecule has 15 heavy (non-hydrogen) atoms. The molecule has 0 spiro atoms. The summed E-state index contributed by atoms with van der Waals surface area (Å²) in [6.45, 7) is 0.110. The van der Waals surface area contributed by atoms with Crippen LogP contribution in [0.4, 0.5) is 5.82 Å². The van der Waals surface area contributed by atoms with Gasteiger partial charge in [0.25, 0.3) is 0 Å². The maximum Gasteiger partial charge on any atom is 0.236 e. The van der Waals surface area contributed by atoms with E-state index in [0.717, 1.165) is 0 Å². The van der Waals surface area contributed by atoms with Gasteiger partial charge in [-0.05, 0) is 0 Å². The predicted octanol–water partition coefficient (Wildman–Crippen LogP) is -0.266. The summed E-state index contributed by atoms with van der Waals surface area (Å²) >= 11 is 0. The zero-order valence-corrected chi connectivity index (χ0v) is 8.56. The molecule has 0 unspecified atom stereocenters. The highest BCUT2D eigenvalue weighted by atomic mass is 16.5. The molecule has 2 heterocycles. The number of Topliss-reactive ketones (excluding diaryl/α,β-unsaturated/α-hetero) is 1. The Bertz CT molecular complexity index is 424. The van der Waals surface area contributed by atoms with Crippen LogP contribution < -0.4 is 9.64 Å². The third kappa shape index (κ3) is 1.58. The molecule has 0 aliphatic carbocycles. The monoisotopic (exact) mass is 209 g/mol. The Morgan fingerprint density at radius 3 is 2.67 bits per heavy atom. The van der Waals surface area contributed by atoms with Gasteiger partial charge in [-0.25, -0.2) is 4.68 Å². The summed E-state index contributed by atoms with van der Waals surface area (Å²) in [6, 6.07) is 1.64. The van der Waals surface area contributed by atoms with Crippen LogP contribution in [0.25, 0.3) is 0 Å². The van der Waals surface area contributed by atoms with E-state index in [4.69, 9.17) is 4.74 Å². The van der Waals surface area contributed by atoms with Crippen LogP contribution in [0.15, 0.2) is 6.07 Å². The van der Waals surface area contributed by atoms with Gasteiger partial charge in [0.15, 0.2) is 11.6 Å². The molecule has 1 aliphatic heterocycles. The second-order valence-electron chi connectivity index (χ2n) is 3.36. The average molecular weight is 209 g/mol. The number of carbonyl (C=O) groups excluding carboxylic acids is 2. The topological polar surface area (TPSA) is 64.4 Å². The van der Waals surface area contributed by atoms with Crippen molar-refractivity contribution < 1.29 is 14.3 Å². The van der Waals surface area contributed by atoms with Gasteiger partial charge in [-0.3, -0.25) is 14.5 Å². The lowest BCUT2D eigenvalue weighted by Gasteiger charge is -2.09. The normalized spacial score (nSPS) is 16.3. The van der Waals surface area contributed by atoms with E-state index in [9.17, 15) is 9.59 Å². The van der Waals surface area contributed by atoms with Gasteiger partial charge in [0.2, 0.25) is 11.8 Å². The second kappa shape index (κ2) is 3.38. The summed E-state index contributed by atoms with van der Waals surface area (Å²) in [6.07, 6.45) is -0.0289. The largest absolute Gasteiger partial charge is 0.481 e. The van der Waals surface area contributed by atoms with Gasteiger partial charge in [0, 0.05) is 13.1 Å². The zero-order valence-electron chi connectivity index (χ0n) is 8.56. The van der Waals surface area contributed by atoms with Crippen LogP contribution in [0.1, 0.15) is 6.42 Å². The van der Waals surface area contributed by atoms with E-state index >= 15 is 0 Å². The lowest BCUT2D eigenvalue weighted by molar-refractivity contribution is -0.121. The third-order valence-electron chi connectivity index (χ3n) is 2.29. The lowest BCUT2D eigenvalue weighted by Crippen LogP contribution is -2.25. The van der Waals surface area contributed by atoms with Gasteiger partial charge in [-0.2, -0.15) is 5.10 Å². The van der Waals surface area contributed by atoms with Gasteiger partial charge in [-0.15, -0.1) is 0 Å². The minimum absolute atomic E-state index is 0.0289. The molecule has 6 nitrogen and oxygen atoms in total. The van der Waals surface area contributed by atoms with Crippen LogP contribution in [0.5, 0.6) is 5.88 Å². The first-order chi connectivity index (χ1) is 7.11. The van der Waals surface area contributed by atoms with Crippen molar-refractivity contribution in [2.45, 2.75) is 6.42 Å². The molecule has 1 saturated heterocycles. The number of hydrogen-bond donors (Lipinski definition) is 0. The number of methoxy groups -OCH3 is 1. The summed E-state index contributed by atoms with van der Waals surface area (Å²) in [7, 11) is 3.24. The summed E-state index contributed by atoms with van der Waals surface area (Å²) < 4.78 is 6.54. The van der Waals surface area contributed by atoms with Crippen molar-refractivity contribution in [3.05, 3.63) is 6.07 Å². The SMILES string of the molecule is COc1cc(N2CC(=O)CC2=O)nn1C. The quantitative estimate of drug-likeness (QED) is 0.629. The van der Waals surface area contributed by atoms with E-state index in [-0.39, 0.29) is 24.7 Å². The third-order valence-corrected chi connectivity index (χ3v) is 2.29. The van der Waals surface area contributed by atoms with Crippen LogP contribution >= 0.6 is 0 Å². The Balaban J connectivity index is 2.30. The smallest absolute Gasteiger partial charge is 0.236 e. The molecule has 80 valence electrons. The summed E-state index contributed by atoms with van der Waals surface area (Å²) in [5, 5.41) is 4.09. The maximum atomic E-state index is 11.4. The van der Waals surface area contributed by atoms with Crippen molar-refractivity contribution in [2.75, 3.05) is 18.6 Å². The number of rotatable bonds is 2. The van der Waals surface area contributed by atoms with Crippen LogP contribution in [0.3, 0.4) is 0 Å². The maximum absolute atomic E-state index is 11.4. The van der Waals surface area contributed by atoms with Gasteiger partial charge >= 0.3 is 0 Å². The first kappa shape index (κ1) is 9.70. The minimum atomic E-state index is -0.208. The van der Waals surface area contributed by atoms with Gasteiger partial charge in [0.1, 0.15) is 0 Å². The molecule has 0 atom stereocenters. The minimum Gasteiger partial charge on any atom is -0.481 e. The number of nitrogens with zero attached hydrogens (tertiary/aromatic N) is 3. The van der Waals surface area contributed by atoms with E-state index < -0.39 is 0 Å². The second-order valence-corrected chi connectivity index (χ2v) is 3.36. The number of amides is 1. The zero-order chi connectivity index (χ0) is 11.0. The van der Waals surface area contributed by atoms with E-state index in [2.05, 4.69) is 5.10 Å². The number of aromatic nitrogens is 2. The van der Waals surface area contributed by atoms with Crippen LogP contribution in [0, 0.1) is 0 Å². The number of hydrogen-bond acceptors (Lipinski definition) is 4. The fraction of sp³-hybridized carbons (Fsp3) is 0.444. The molecule has 0 bridgehead atoms. The molecule has 0 aromatic carbocycles. The summed E-state index contributed by atoms with van der Waals surface area (Å²) in [5.74, 6) is 0.729. The van der Waals surface area contributed by atoms with E-state index in [1.54, 1.807) is 13.1 Å². The number of anilines is 1. The molecular weight excluding hydrogens is 198 g/mol. The number of ketones is 1. The Kier molecular flexibility index (Phi) is 2.18. The van der Waals surface area contributed by atoms with Crippen molar-refractivity contribution in [1.29, 1.82) is 0 Å². The molecular formula is C9H11N3O3. The standard InChI is InChI=1S/C9H11N3O3/c1-11-9(15-2)4-7(10-11)12-5-6(13)3-8(12)14/h4H,3,5H2,1-2H3. The van der Waals surface area contributed by atoms with Crippen molar-refractivity contribution in [3.8, 4) is 5.88 Å². The Morgan fingerprint density at radius 1 is 1.47 bits per heavy atom. The first-order valence-corrected chi connectivity index (χ1v) is 4.52. The van der Waals surface area contributed by atoms with E-state index in [0.29, 0.717) is 11.7 Å². The van der Waals surface area contributed by atoms with Gasteiger partial charge < -0.3 is 4.74 Å². The molecule has 1 aromatic rings. The highest BCUT2D eigenvalue weighted by Gasteiger charge is 2.30. The Morgan fingerprint density at radius 2 is 2.20 bits per heavy atom. The van der Waals surface area contributed by atoms with Crippen molar-refractivity contribution in [2.24, 2.45) is 7.05 Å². The molecule has 0 N–H and O–H groups in total. The van der Waals surface area contributed by atoms with Crippen molar-refractivity contribution in [1.82, 2.24) is 9.78 Å². The highest BCUT2D eigenvalue weighted by Crippen LogP contribution is 2.22. The average Bonchev–Trinajstić information content (AvgIpc) is 2.69. The molecule has 0 radical (unpaired) electrons. The first-order valence-electron chi connectivity index (χ1n) is 4.52. The van der Waals surface area contributed by atoms with Crippen LogP contribution in [-0.4, -0.2) is 35.1 Å². The van der Waals surface area contributed by atoms with Crippen LogP contribution in [-0.2, 0) is 16.6 Å². The highest BCUT2D eigenvalue weighted by molar-refractivity contribution is 6.14.